The molecule has 9 aromatic carbocycles. The van der Waals surface area contributed by atoms with Gasteiger partial charge in [0.25, 0.3) is 0 Å². The topological polar surface area (TPSA) is 60.2 Å². The van der Waals surface area contributed by atoms with E-state index in [0.29, 0.717) is 11.8 Å². The van der Waals surface area contributed by atoms with Crippen LogP contribution in [0.4, 0.5) is 17.1 Å². The average molecular weight is 797 g/mol. The fourth-order valence-corrected chi connectivity index (χ4v) is 8.62. The van der Waals surface area contributed by atoms with Gasteiger partial charge >= 0.3 is 0 Å². The predicted molar refractivity (Wildman–Crippen MR) is 252 cm³/mol. The summed E-state index contributed by atoms with van der Waals surface area (Å²) >= 11 is 0. The molecule has 0 radical (unpaired) electrons. The number of benzene rings is 9. The first-order chi connectivity index (χ1) is 30.7. The van der Waals surface area contributed by atoms with Crippen LogP contribution in [0.2, 0.25) is 0 Å². The number of aromatic nitrogens is 3. The molecule has 0 aliphatic heterocycles. The SMILES string of the molecule is c1ccc(-c2ccc(N(c3ccc(-c4nc5ccccc5o4)cc3)c3ccc(-n4c5ccc(-c6ccccc6)cc5c5cc(-c6nc7ccccc7o6)ccc54)cc3)cc2)cc1. The molecule has 0 N–H and O–H groups in total. The molecule has 0 atom stereocenters. The van der Waals surface area contributed by atoms with Crippen molar-refractivity contribution in [3.05, 3.63) is 218 Å². The number of anilines is 3. The lowest BCUT2D eigenvalue weighted by atomic mass is 10.0. The van der Waals surface area contributed by atoms with Gasteiger partial charge in [0.05, 0.1) is 11.0 Å². The third kappa shape index (κ3) is 6.21. The fourth-order valence-electron chi connectivity index (χ4n) is 8.62. The number of fused-ring (bicyclic) bond motifs is 5. The minimum atomic E-state index is 0.601. The molecule has 0 saturated carbocycles. The van der Waals surface area contributed by atoms with Crippen LogP contribution in [-0.4, -0.2) is 14.5 Å². The van der Waals surface area contributed by atoms with E-state index in [1.165, 1.54) is 11.1 Å². The van der Waals surface area contributed by atoms with Gasteiger partial charge in [-0.3, -0.25) is 0 Å². The van der Waals surface area contributed by atoms with Crippen molar-refractivity contribution in [2.45, 2.75) is 0 Å². The summed E-state index contributed by atoms with van der Waals surface area (Å²) in [5.74, 6) is 1.21. The van der Waals surface area contributed by atoms with Crippen LogP contribution in [-0.2, 0) is 0 Å². The summed E-state index contributed by atoms with van der Waals surface area (Å²) in [7, 11) is 0. The maximum atomic E-state index is 6.25. The number of rotatable bonds is 8. The highest BCUT2D eigenvalue weighted by Crippen LogP contribution is 2.40. The quantitative estimate of drug-likeness (QED) is 0.153. The molecule has 3 heterocycles. The number of para-hydroxylation sites is 4. The van der Waals surface area contributed by atoms with Gasteiger partial charge in [-0.1, -0.05) is 103 Å². The van der Waals surface area contributed by atoms with Crippen molar-refractivity contribution in [2.24, 2.45) is 0 Å². The molecule has 0 amide bonds. The summed E-state index contributed by atoms with van der Waals surface area (Å²) in [6, 6.07) is 76.1. The molecule has 0 aliphatic rings. The van der Waals surface area contributed by atoms with Gasteiger partial charge in [-0.15, -0.1) is 0 Å². The molecule has 3 aromatic heterocycles. The molecular weight excluding hydrogens is 761 g/mol. The van der Waals surface area contributed by atoms with Gasteiger partial charge in [-0.25, -0.2) is 9.97 Å². The summed E-state index contributed by atoms with van der Waals surface area (Å²) in [6.07, 6.45) is 0. The molecule has 12 rings (SSSR count). The maximum Gasteiger partial charge on any atom is 0.227 e. The second-order valence-electron chi connectivity index (χ2n) is 15.5. The molecule has 0 bridgehead atoms. The van der Waals surface area contributed by atoms with E-state index >= 15 is 0 Å². The molecule has 0 aliphatic carbocycles. The number of oxazole rings is 2. The van der Waals surface area contributed by atoms with E-state index in [9.17, 15) is 0 Å². The minimum absolute atomic E-state index is 0.601. The van der Waals surface area contributed by atoms with E-state index < -0.39 is 0 Å². The van der Waals surface area contributed by atoms with Crippen molar-refractivity contribution in [3.8, 4) is 50.8 Å². The first kappa shape index (κ1) is 35.5. The van der Waals surface area contributed by atoms with Crippen molar-refractivity contribution >= 4 is 61.1 Å². The van der Waals surface area contributed by atoms with Crippen molar-refractivity contribution in [1.82, 2.24) is 14.5 Å². The van der Waals surface area contributed by atoms with Crippen LogP contribution in [0.25, 0.3) is 94.9 Å². The maximum absolute atomic E-state index is 6.25. The van der Waals surface area contributed by atoms with E-state index in [4.69, 9.17) is 18.8 Å². The molecule has 6 heteroatoms. The summed E-state index contributed by atoms with van der Waals surface area (Å²) < 4.78 is 14.7. The molecule has 12 aromatic rings. The Kier molecular flexibility index (Phi) is 8.38. The summed E-state index contributed by atoms with van der Waals surface area (Å²) in [5, 5.41) is 2.28. The molecule has 0 saturated heterocycles. The Morgan fingerprint density at radius 3 is 1.29 bits per heavy atom. The minimum Gasteiger partial charge on any atom is -0.436 e. The molecule has 292 valence electrons. The lowest BCUT2D eigenvalue weighted by Crippen LogP contribution is -2.10. The van der Waals surface area contributed by atoms with Crippen molar-refractivity contribution in [2.75, 3.05) is 4.90 Å². The first-order valence-electron chi connectivity index (χ1n) is 20.7. The summed E-state index contributed by atoms with van der Waals surface area (Å²) in [6.45, 7) is 0. The van der Waals surface area contributed by atoms with Gasteiger partial charge in [-0.2, -0.15) is 0 Å². The monoisotopic (exact) mass is 796 g/mol. The van der Waals surface area contributed by atoms with Crippen molar-refractivity contribution in [3.63, 3.8) is 0 Å². The van der Waals surface area contributed by atoms with E-state index in [1.807, 2.05) is 54.6 Å². The smallest absolute Gasteiger partial charge is 0.227 e. The molecule has 0 unspecified atom stereocenters. The fraction of sp³-hybridized carbons (Fsp3) is 0. The summed E-state index contributed by atoms with van der Waals surface area (Å²) in [5.41, 5.74) is 16.1. The number of hydrogen-bond acceptors (Lipinski definition) is 5. The van der Waals surface area contributed by atoms with Gasteiger partial charge in [0.1, 0.15) is 11.0 Å². The van der Waals surface area contributed by atoms with Gasteiger partial charge in [0.2, 0.25) is 11.8 Å². The van der Waals surface area contributed by atoms with E-state index in [1.54, 1.807) is 0 Å². The third-order valence-corrected chi connectivity index (χ3v) is 11.7. The Morgan fingerprint density at radius 1 is 0.339 bits per heavy atom. The third-order valence-electron chi connectivity index (χ3n) is 11.7. The first-order valence-corrected chi connectivity index (χ1v) is 20.7. The molecule has 0 spiro atoms. The lowest BCUT2D eigenvalue weighted by molar-refractivity contribution is 0.619. The summed E-state index contributed by atoms with van der Waals surface area (Å²) in [4.78, 5) is 11.9. The second kappa shape index (κ2) is 14.7. The van der Waals surface area contributed by atoms with Crippen LogP contribution in [0, 0.1) is 0 Å². The zero-order chi connectivity index (χ0) is 41.0. The zero-order valence-electron chi connectivity index (χ0n) is 33.4. The molecular formula is C56H36N4O2. The largest absolute Gasteiger partial charge is 0.436 e. The van der Waals surface area contributed by atoms with Gasteiger partial charge in [0.15, 0.2) is 11.2 Å². The van der Waals surface area contributed by atoms with Crippen molar-refractivity contribution < 1.29 is 8.83 Å². The van der Waals surface area contributed by atoms with Gasteiger partial charge < -0.3 is 18.3 Å². The average Bonchev–Trinajstić information content (AvgIpc) is 4.07. The standard InChI is InChI=1S/C56H36N4O2/c1-3-11-37(12-4-1)39-19-25-43(26-20-39)59(44-27-21-40(22-28-44)55-57-49-15-7-9-17-53(49)61-55)45-29-31-46(32-30-45)60-51-33-23-41(38-13-5-2-6-14-38)35-47(51)48-36-42(24-34-52(48)60)56-58-50-16-8-10-18-54(50)62-56/h1-36H. The van der Waals surface area contributed by atoms with Crippen LogP contribution in [0.1, 0.15) is 0 Å². The lowest BCUT2D eigenvalue weighted by Gasteiger charge is -2.26. The van der Waals surface area contributed by atoms with Crippen LogP contribution in [0.5, 0.6) is 0 Å². The zero-order valence-corrected chi connectivity index (χ0v) is 33.4. The molecule has 6 nitrogen and oxygen atoms in total. The normalized spacial score (nSPS) is 11.5. The highest BCUT2D eigenvalue weighted by Gasteiger charge is 2.19. The Hall–Kier alpha value is -8.48. The number of hydrogen-bond donors (Lipinski definition) is 0. The number of nitrogens with zero attached hydrogens (tertiary/aromatic N) is 4. The van der Waals surface area contributed by atoms with E-state index in [2.05, 4.69) is 173 Å². The van der Waals surface area contributed by atoms with Crippen LogP contribution < -0.4 is 4.90 Å². The Balaban J connectivity index is 0.967. The Morgan fingerprint density at radius 2 is 0.742 bits per heavy atom. The highest BCUT2D eigenvalue weighted by molar-refractivity contribution is 6.11. The van der Waals surface area contributed by atoms with E-state index in [0.717, 1.165) is 89.0 Å². The Labute approximate surface area is 357 Å². The highest BCUT2D eigenvalue weighted by atomic mass is 16.4. The predicted octanol–water partition coefficient (Wildman–Crippen LogP) is 15.2. The van der Waals surface area contributed by atoms with Crippen molar-refractivity contribution in [1.29, 1.82) is 0 Å². The Bertz CT molecular complexity index is 3480. The molecule has 62 heavy (non-hydrogen) atoms. The van der Waals surface area contributed by atoms with Gasteiger partial charge in [-0.05, 0) is 138 Å². The van der Waals surface area contributed by atoms with Crippen LogP contribution in [0.3, 0.4) is 0 Å². The molecule has 0 fully saturated rings. The second-order valence-corrected chi connectivity index (χ2v) is 15.5. The van der Waals surface area contributed by atoms with Gasteiger partial charge in [0, 0.05) is 44.6 Å². The van der Waals surface area contributed by atoms with Crippen LogP contribution >= 0.6 is 0 Å². The van der Waals surface area contributed by atoms with E-state index in [-0.39, 0.29) is 0 Å². The van der Waals surface area contributed by atoms with Crippen LogP contribution in [0.15, 0.2) is 227 Å².